The molecule has 100 valence electrons. The molecule has 0 radical (unpaired) electrons. The van der Waals surface area contributed by atoms with Gasteiger partial charge >= 0.3 is 0 Å². The molecule has 3 heteroatoms. The van der Waals surface area contributed by atoms with Gasteiger partial charge in [-0.15, -0.1) is 0 Å². The van der Waals surface area contributed by atoms with Crippen LogP contribution in [0.2, 0.25) is 0 Å². The topological polar surface area (TPSA) is 47.3 Å². The molecule has 0 saturated carbocycles. The van der Waals surface area contributed by atoms with Gasteiger partial charge in [0.2, 0.25) is 0 Å². The van der Waals surface area contributed by atoms with E-state index in [1.807, 2.05) is 43.4 Å². The van der Waals surface area contributed by atoms with E-state index in [-0.39, 0.29) is 0 Å². The Bertz CT molecular complexity index is 508. The molecule has 0 atom stereocenters. The molecule has 2 rings (SSSR count). The Morgan fingerprint density at radius 3 is 2.58 bits per heavy atom. The predicted octanol–water partition coefficient (Wildman–Crippen LogP) is 3.21. The van der Waals surface area contributed by atoms with Gasteiger partial charge in [0.15, 0.2) is 0 Å². The van der Waals surface area contributed by atoms with Crippen molar-refractivity contribution in [2.45, 2.75) is 12.8 Å². The average molecular weight is 256 g/mol. The summed E-state index contributed by atoms with van der Waals surface area (Å²) in [7, 11) is 1.97. The van der Waals surface area contributed by atoms with E-state index < -0.39 is 0 Å². The third-order valence-corrected chi connectivity index (χ3v) is 2.91. The van der Waals surface area contributed by atoms with E-state index in [4.69, 9.17) is 10.5 Å². The zero-order valence-electron chi connectivity index (χ0n) is 11.2. The smallest absolute Gasteiger partial charge is 0.127 e. The number of ether oxygens (including phenoxy) is 1. The molecule has 0 heterocycles. The zero-order valence-corrected chi connectivity index (χ0v) is 11.2. The SMILES string of the molecule is CNCCCc1cccc(Oc2ccc(N)cc2)c1. The first kappa shape index (κ1) is 13.4. The first-order valence-corrected chi connectivity index (χ1v) is 6.55. The van der Waals surface area contributed by atoms with Gasteiger partial charge < -0.3 is 15.8 Å². The van der Waals surface area contributed by atoms with E-state index in [0.717, 1.165) is 36.6 Å². The largest absolute Gasteiger partial charge is 0.457 e. The normalized spacial score (nSPS) is 10.4. The number of rotatable bonds is 6. The van der Waals surface area contributed by atoms with Crippen LogP contribution in [-0.4, -0.2) is 13.6 Å². The molecule has 0 saturated heterocycles. The molecular formula is C16H20N2O. The van der Waals surface area contributed by atoms with Gasteiger partial charge in [-0.2, -0.15) is 0 Å². The highest BCUT2D eigenvalue weighted by molar-refractivity contribution is 5.43. The van der Waals surface area contributed by atoms with E-state index in [2.05, 4.69) is 17.4 Å². The van der Waals surface area contributed by atoms with E-state index in [9.17, 15) is 0 Å². The molecule has 0 aliphatic carbocycles. The summed E-state index contributed by atoms with van der Waals surface area (Å²) in [5.41, 5.74) is 7.69. The molecule has 0 bridgehead atoms. The second-order valence-corrected chi connectivity index (χ2v) is 4.53. The van der Waals surface area contributed by atoms with Crippen LogP contribution in [0.3, 0.4) is 0 Å². The molecule has 0 aliphatic rings. The molecular weight excluding hydrogens is 236 g/mol. The summed E-state index contributed by atoms with van der Waals surface area (Å²) in [5, 5.41) is 3.15. The van der Waals surface area contributed by atoms with Gasteiger partial charge in [0.05, 0.1) is 0 Å². The minimum absolute atomic E-state index is 0.744. The Labute approximate surface area is 114 Å². The maximum Gasteiger partial charge on any atom is 0.127 e. The van der Waals surface area contributed by atoms with Crippen LogP contribution in [0.5, 0.6) is 11.5 Å². The van der Waals surface area contributed by atoms with Crippen LogP contribution in [0.1, 0.15) is 12.0 Å². The predicted molar refractivity (Wildman–Crippen MR) is 79.6 cm³/mol. The number of hydrogen-bond donors (Lipinski definition) is 2. The Morgan fingerprint density at radius 2 is 1.84 bits per heavy atom. The van der Waals surface area contributed by atoms with E-state index >= 15 is 0 Å². The summed E-state index contributed by atoms with van der Waals surface area (Å²) in [6.07, 6.45) is 2.18. The van der Waals surface area contributed by atoms with Crippen molar-refractivity contribution in [1.82, 2.24) is 5.32 Å². The number of nitrogens with two attached hydrogens (primary N) is 1. The van der Waals surface area contributed by atoms with Crippen LogP contribution in [0.4, 0.5) is 5.69 Å². The van der Waals surface area contributed by atoms with Gasteiger partial charge in [0.25, 0.3) is 0 Å². The molecule has 0 fully saturated rings. The van der Waals surface area contributed by atoms with E-state index in [0.29, 0.717) is 0 Å². The fourth-order valence-corrected chi connectivity index (χ4v) is 1.91. The number of benzene rings is 2. The number of anilines is 1. The first-order valence-electron chi connectivity index (χ1n) is 6.55. The monoisotopic (exact) mass is 256 g/mol. The standard InChI is InChI=1S/C16H20N2O/c1-18-11-3-5-13-4-2-6-16(12-13)19-15-9-7-14(17)8-10-15/h2,4,6-10,12,18H,3,5,11,17H2,1H3. The third-order valence-electron chi connectivity index (χ3n) is 2.91. The van der Waals surface area contributed by atoms with Crippen molar-refractivity contribution in [2.75, 3.05) is 19.3 Å². The number of nitrogens with one attached hydrogen (secondary N) is 1. The molecule has 0 spiro atoms. The van der Waals surface area contributed by atoms with Gasteiger partial charge in [-0.25, -0.2) is 0 Å². The lowest BCUT2D eigenvalue weighted by molar-refractivity contribution is 0.482. The van der Waals surface area contributed by atoms with Gasteiger partial charge in [0.1, 0.15) is 11.5 Å². The molecule has 0 aliphatic heterocycles. The van der Waals surface area contributed by atoms with Crippen molar-refractivity contribution in [3.63, 3.8) is 0 Å². The maximum atomic E-state index is 5.81. The molecule has 19 heavy (non-hydrogen) atoms. The summed E-state index contributed by atoms with van der Waals surface area (Å²) in [5.74, 6) is 1.67. The first-order chi connectivity index (χ1) is 9.28. The van der Waals surface area contributed by atoms with Crippen molar-refractivity contribution in [3.8, 4) is 11.5 Å². The summed E-state index contributed by atoms with van der Waals surface area (Å²) in [4.78, 5) is 0. The lowest BCUT2D eigenvalue weighted by atomic mass is 10.1. The average Bonchev–Trinajstić information content (AvgIpc) is 2.42. The summed E-state index contributed by atoms with van der Waals surface area (Å²) in [6.45, 7) is 1.03. The van der Waals surface area contributed by atoms with Crippen LogP contribution in [0, 0.1) is 0 Å². The van der Waals surface area contributed by atoms with Gasteiger partial charge in [-0.3, -0.25) is 0 Å². The van der Waals surface area contributed by atoms with Crippen LogP contribution < -0.4 is 15.8 Å². The Balaban J connectivity index is 2.00. The minimum atomic E-state index is 0.744. The second-order valence-electron chi connectivity index (χ2n) is 4.53. The van der Waals surface area contributed by atoms with E-state index in [1.165, 1.54) is 5.56 Å². The van der Waals surface area contributed by atoms with Crippen LogP contribution in [0.15, 0.2) is 48.5 Å². The lowest BCUT2D eigenvalue weighted by Crippen LogP contribution is -2.08. The van der Waals surface area contributed by atoms with Crippen molar-refractivity contribution in [2.24, 2.45) is 0 Å². The third kappa shape index (κ3) is 4.30. The summed E-state index contributed by atoms with van der Waals surface area (Å²) in [6, 6.07) is 15.7. The molecule has 2 aromatic carbocycles. The highest BCUT2D eigenvalue weighted by Gasteiger charge is 1.99. The van der Waals surface area contributed by atoms with Gasteiger partial charge in [0, 0.05) is 5.69 Å². The Kier molecular flexibility index (Phi) is 4.81. The number of aryl methyl sites for hydroxylation is 1. The molecule has 2 aromatic rings. The van der Waals surface area contributed by atoms with Crippen LogP contribution >= 0.6 is 0 Å². The Hall–Kier alpha value is -2.00. The molecule has 3 nitrogen and oxygen atoms in total. The molecule has 0 unspecified atom stereocenters. The van der Waals surface area contributed by atoms with Crippen molar-refractivity contribution < 1.29 is 4.74 Å². The maximum absolute atomic E-state index is 5.81. The van der Waals surface area contributed by atoms with Gasteiger partial charge in [-0.1, -0.05) is 12.1 Å². The van der Waals surface area contributed by atoms with Crippen molar-refractivity contribution in [3.05, 3.63) is 54.1 Å². The molecule has 0 amide bonds. The highest BCUT2D eigenvalue weighted by atomic mass is 16.5. The van der Waals surface area contributed by atoms with Crippen molar-refractivity contribution in [1.29, 1.82) is 0 Å². The van der Waals surface area contributed by atoms with Crippen LogP contribution in [-0.2, 0) is 6.42 Å². The quantitative estimate of drug-likeness (QED) is 0.616. The van der Waals surface area contributed by atoms with Gasteiger partial charge in [-0.05, 0) is 68.4 Å². The number of nitrogen functional groups attached to an aromatic ring is 1. The fourth-order valence-electron chi connectivity index (χ4n) is 1.91. The number of hydrogen-bond acceptors (Lipinski definition) is 3. The Morgan fingerprint density at radius 1 is 1.05 bits per heavy atom. The summed E-state index contributed by atoms with van der Waals surface area (Å²) < 4.78 is 5.81. The van der Waals surface area contributed by atoms with Crippen molar-refractivity contribution >= 4 is 5.69 Å². The fraction of sp³-hybridized carbons (Fsp3) is 0.250. The van der Waals surface area contributed by atoms with Crippen LogP contribution in [0.25, 0.3) is 0 Å². The minimum Gasteiger partial charge on any atom is -0.457 e. The lowest BCUT2D eigenvalue weighted by Gasteiger charge is -2.08. The second kappa shape index (κ2) is 6.81. The molecule has 3 N–H and O–H groups in total. The van der Waals surface area contributed by atoms with E-state index in [1.54, 1.807) is 0 Å². The zero-order chi connectivity index (χ0) is 13.5. The highest BCUT2D eigenvalue weighted by Crippen LogP contribution is 2.23. The molecule has 0 aromatic heterocycles. The summed E-state index contributed by atoms with van der Waals surface area (Å²) >= 11 is 0.